The largest absolute Gasteiger partial charge is 0.479 e. The van der Waals surface area contributed by atoms with Gasteiger partial charge in [0.25, 0.3) is 0 Å². The molecule has 0 radical (unpaired) electrons. The van der Waals surface area contributed by atoms with Crippen LogP contribution in [0.5, 0.6) is 0 Å². The monoisotopic (exact) mass is 207 g/mol. The summed E-state index contributed by atoms with van der Waals surface area (Å²) in [6.45, 7) is 0.858. The van der Waals surface area contributed by atoms with Crippen molar-refractivity contribution in [1.82, 2.24) is 5.32 Å². The molecular formula is C7H13NO4S. The molecule has 0 aliphatic rings. The normalized spacial score (nSPS) is 14.7. The van der Waals surface area contributed by atoms with Gasteiger partial charge in [0.05, 0.1) is 12.3 Å². The lowest BCUT2D eigenvalue weighted by atomic mass is 10.1. The van der Waals surface area contributed by atoms with E-state index in [4.69, 9.17) is 5.11 Å². The molecule has 0 heterocycles. The van der Waals surface area contributed by atoms with Crippen LogP contribution in [0.2, 0.25) is 0 Å². The highest BCUT2D eigenvalue weighted by Gasteiger charge is 2.29. The minimum absolute atomic E-state index is 0.260. The Balaban J connectivity index is 3.88. The van der Waals surface area contributed by atoms with E-state index in [1.54, 1.807) is 6.26 Å². The summed E-state index contributed by atoms with van der Waals surface area (Å²) in [6, 6.07) is 0. The van der Waals surface area contributed by atoms with Gasteiger partial charge in [-0.2, -0.15) is 11.8 Å². The average Bonchev–Trinajstić information content (AvgIpc) is 2.01. The Bertz CT molecular complexity index is 205. The third-order valence-corrected chi connectivity index (χ3v) is 1.92. The molecule has 0 fully saturated rings. The molecule has 5 nitrogen and oxygen atoms in total. The van der Waals surface area contributed by atoms with Crippen LogP contribution in [0.3, 0.4) is 0 Å². The molecule has 0 aromatic heterocycles. The van der Waals surface area contributed by atoms with Crippen molar-refractivity contribution in [2.24, 2.45) is 0 Å². The zero-order chi connectivity index (χ0) is 10.5. The SMILES string of the molecule is CSCC(=O)NCC(C)(O)C(=O)O. The number of nitrogens with one attached hydrogen (secondary N) is 1. The summed E-state index contributed by atoms with van der Waals surface area (Å²) >= 11 is 1.33. The van der Waals surface area contributed by atoms with Crippen molar-refractivity contribution in [2.45, 2.75) is 12.5 Å². The van der Waals surface area contributed by atoms with Gasteiger partial charge in [0.15, 0.2) is 5.60 Å². The summed E-state index contributed by atoms with van der Waals surface area (Å²) < 4.78 is 0. The Morgan fingerprint density at radius 1 is 1.54 bits per heavy atom. The van der Waals surface area contributed by atoms with Crippen LogP contribution in [0, 0.1) is 0 Å². The molecule has 0 spiro atoms. The maximum absolute atomic E-state index is 10.9. The predicted octanol–water partition coefficient (Wildman–Crippen LogP) is -0.699. The van der Waals surface area contributed by atoms with E-state index in [1.165, 1.54) is 11.8 Å². The maximum Gasteiger partial charge on any atom is 0.337 e. The topological polar surface area (TPSA) is 86.6 Å². The van der Waals surface area contributed by atoms with Gasteiger partial charge in [0.1, 0.15) is 0 Å². The molecule has 13 heavy (non-hydrogen) atoms. The van der Waals surface area contributed by atoms with Crippen molar-refractivity contribution in [3.8, 4) is 0 Å². The third-order valence-electron chi connectivity index (χ3n) is 1.37. The third kappa shape index (κ3) is 4.74. The van der Waals surface area contributed by atoms with E-state index in [2.05, 4.69) is 5.32 Å². The number of aliphatic hydroxyl groups is 1. The van der Waals surface area contributed by atoms with Gasteiger partial charge < -0.3 is 15.5 Å². The van der Waals surface area contributed by atoms with E-state index >= 15 is 0 Å². The molecule has 0 aliphatic heterocycles. The summed E-state index contributed by atoms with van der Waals surface area (Å²) in [5.74, 6) is -1.37. The van der Waals surface area contributed by atoms with Gasteiger partial charge in [-0.15, -0.1) is 0 Å². The summed E-state index contributed by atoms with van der Waals surface area (Å²) in [5, 5.41) is 20.0. The van der Waals surface area contributed by atoms with E-state index in [0.717, 1.165) is 6.92 Å². The smallest absolute Gasteiger partial charge is 0.337 e. The average molecular weight is 207 g/mol. The van der Waals surface area contributed by atoms with Crippen molar-refractivity contribution < 1.29 is 19.8 Å². The van der Waals surface area contributed by atoms with Crippen LogP contribution in [-0.4, -0.2) is 46.2 Å². The number of aliphatic carboxylic acids is 1. The number of rotatable bonds is 5. The molecule has 0 saturated carbocycles. The molecule has 0 aromatic rings. The predicted molar refractivity (Wildman–Crippen MR) is 49.7 cm³/mol. The fourth-order valence-electron chi connectivity index (χ4n) is 0.528. The Labute approximate surface area is 80.5 Å². The highest BCUT2D eigenvalue weighted by Crippen LogP contribution is 2.01. The number of hydrogen-bond donors (Lipinski definition) is 3. The summed E-state index contributed by atoms with van der Waals surface area (Å²) in [7, 11) is 0. The standard InChI is InChI=1S/C7H13NO4S/c1-7(12,6(10)11)4-8-5(9)3-13-2/h12H,3-4H2,1-2H3,(H,8,9)(H,10,11). The van der Waals surface area contributed by atoms with Crippen molar-refractivity contribution in [3.05, 3.63) is 0 Å². The first kappa shape index (κ1) is 12.2. The fraction of sp³-hybridized carbons (Fsp3) is 0.714. The van der Waals surface area contributed by atoms with Gasteiger partial charge in [-0.05, 0) is 13.2 Å². The molecule has 0 bridgehead atoms. The zero-order valence-electron chi connectivity index (χ0n) is 7.53. The van der Waals surface area contributed by atoms with Gasteiger partial charge in [-0.25, -0.2) is 4.79 Å². The molecule has 0 rings (SSSR count). The minimum Gasteiger partial charge on any atom is -0.479 e. The Kier molecular flexibility index (Phi) is 4.79. The molecule has 0 aliphatic carbocycles. The molecule has 1 amide bonds. The quantitative estimate of drug-likeness (QED) is 0.555. The molecule has 76 valence electrons. The first-order valence-electron chi connectivity index (χ1n) is 3.61. The van der Waals surface area contributed by atoms with Gasteiger partial charge in [0, 0.05) is 0 Å². The van der Waals surface area contributed by atoms with E-state index in [-0.39, 0.29) is 18.2 Å². The second-order valence-electron chi connectivity index (χ2n) is 2.79. The zero-order valence-corrected chi connectivity index (χ0v) is 8.35. The number of thioether (sulfide) groups is 1. The van der Waals surface area contributed by atoms with Crippen molar-refractivity contribution in [2.75, 3.05) is 18.6 Å². The van der Waals surface area contributed by atoms with Crippen LogP contribution < -0.4 is 5.32 Å². The number of carbonyl (C=O) groups excluding carboxylic acids is 1. The lowest BCUT2D eigenvalue weighted by molar-refractivity contribution is -0.156. The van der Waals surface area contributed by atoms with Gasteiger partial charge in [-0.3, -0.25) is 4.79 Å². The van der Waals surface area contributed by atoms with Crippen LogP contribution in [0.15, 0.2) is 0 Å². The first-order chi connectivity index (χ1) is 5.90. The van der Waals surface area contributed by atoms with Gasteiger partial charge in [0.2, 0.25) is 5.91 Å². The summed E-state index contributed by atoms with van der Waals surface area (Å²) in [6.07, 6.45) is 1.76. The van der Waals surface area contributed by atoms with Crippen LogP contribution in [0.1, 0.15) is 6.92 Å². The van der Waals surface area contributed by atoms with E-state index in [9.17, 15) is 14.7 Å². The van der Waals surface area contributed by atoms with Crippen molar-refractivity contribution in [1.29, 1.82) is 0 Å². The second-order valence-corrected chi connectivity index (χ2v) is 3.65. The highest BCUT2D eigenvalue weighted by molar-refractivity contribution is 7.99. The number of carbonyl (C=O) groups is 2. The Morgan fingerprint density at radius 3 is 2.46 bits per heavy atom. The summed E-state index contributed by atoms with van der Waals surface area (Å²) in [5.41, 5.74) is -1.89. The molecule has 1 atom stereocenters. The van der Waals surface area contributed by atoms with E-state index < -0.39 is 11.6 Å². The number of amides is 1. The minimum atomic E-state index is -1.89. The number of carboxylic acids is 1. The number of hydrogen-bond acceptors (Lipinski definition) is 4. The lowest BCUT2D eigenvalue weighted by Gasteiger charge is -2.17. The molecule has 0 aromatic carbocycles. The highest BCUT2D eigenvalue weighted by atomic mass is 32.2. The van der Waals surface area contributed by atoms with Crippen molar-refractivity contribution >= 4 is 23.6 Å². The van der Waals surface area contributed by atoms with Crippen molar-refractivity contribution in [3.63, 3.8) is 0 Å². The Morgan fingerprint density at radius 2 is 2.08 bits per heavy atom. The van der Waals surface area contributed by atoms with Crippen LogP contribution >= 0.6 is 11.8 Å². The Hall–Kier alpha value is -0.750. The van der Waals surface area contributed by atoms with Crippen LogP contribution in [0.4, 0.5) is 0 Å². The molecule has 0 saturated heterocycles. The van der Waals surface area contributed by atoms with Crippen LogP contribution in [0.25, 0.3) is 0 Å². The molecule has 6 heteroatoms. The second kappa shape index (κ2) is 5.08. The van der Waals surface area contributed by atoms with Crippen LogP contribution in [-0.2, 0) is 9.59 Å². The fourth-order valence-corrected chi connectivity index (χ4v) is 0.893. The number of carboxylic acid groups (broad SMARTS) is 1. The van der Waals surface area contributed by atoms with Gasteiger partial charge in [-0.1, -0.05) is 0 Å². The first-order valence-corrected chi connectivity index (χ1v) is 5.01. The van der Waals surface area contributed by atoms with E-state index in [0.29, 0.717) is 0 Å². The summed E-state index contributed by atoms with van der Waals surface area (Å²) in [4.78, 5) is 21.3. The molecule has 3 N–H and O–H groups in total. The maximum atomic E-state index is 10.9. The van der Waals surface area contributed by atoms with Gasteiger partial charge >= 0.3 is 5.97 Å². The lowest BCUT2D eigenvalue weighted by Crippen LogP contribution is -2.46. The van der Waals surface area contributed by atoms with E-state index in [1.807, 2.05) is 0 Å². The molecule has 1 unspecified atom stereocenters. The molecular weight excluding hydrogens is 194 g/mol.